The Morgan fingerprint density at radius 3 is 2.53 bits per heavy atom. The third-order valence-corrected chi connectivity index (χ3v) is 2.80. The van der Waals surface area contributed by atoms with Gasteiger partial charge in [-0.3, -0.25) is 0 Å². The van der Waals surface area contributed by atoms with Gasteiger partial charge in [-0.1, -0.05) is 38.5 Å². The van der Waals surface area contributed by atoms with Gasteiger partial charge in [-0.15, -0.1) is 0 Å². The lowest BCUT2D eigenvalue weighted by molar-refractivity contribution is 0.701. The Labute approximate surface area is 93.0 Å². The first-order valence-electron chi connectivity index (χ1n) is 5.59. The van der Waals surface area contributed by atoms with E-state index in [9.17, 15) is 0 Å². The topological polar surface area (TPSA) is 26.0 Å². The summed E-state index contributed by atoms with van der Waals surface area (Å²) in [6, 6.07) is 4.20. The molecule has 0 bridgehead atoms. The number of nitrogens with two attached hydrogens (primary N) is 1. The van der Waals surface area contributed by atoms with Gasteiger partial charge in [-0.25, -0.2) is 0 Å². The lowest BCUT2D eigenvalue weighted by Gasteiger charge is -2.08. The van der Waals surface area contributed by atoms with Crippen molar-refractivity contribution in [2.45, 2.75) is 34.1 Å². The SMILES string of the molecule is CCC(C)/C=C/c1c(C)cc(C)cc1N. The zero-order valence-corrected chi connectivity index (χ0v) is 10.2. The number of anilines is 1. The fourth-order valence-electron chi connectivity index (χ4n) is 1.64. The second-order valence-electron chi connectivity index (χ2n) is 4.33. The molecule has 0 fully saturated rings. The van der Waals surface area contributed by atoms with Crippen molar-refractivity contribution in [3.63, 3.8) is 0 Å². The fraction of sp³-hybridized carbons (Fsp3) is 0.429. The monoisotopic (exact) mass is 203 g/mol. The normalized spacial score (nSPS) is 13.3. The second-order valence-corrected chi connectivity index (χ2v) is 4.33. The zero-order chi connectivity index (χ0) is 11.4. The molecule has 0 aliphatic rings. The molecule has 0 spiro atoms. The minimum atomic E-state index is 0.616. The highest BCUT2D eigenvalue weighted by molar-refractivity contribution is 5.68. The molecular weight excluding hydrogens is 182 g/mol. The molecule has 0 saturated carbocycles. The Bertz CT molecular complexity index is 341. The van der Waals surface area contributed by atoms with E-state index in [-0.39, 0.29) is 0 Å². The quantitative estimate of drug-likeness (QED) is 0.740. The third-order valence-electron chi connectivity index (χ3n) is 2.80. The largest absolute Gasteiger partial charge is 0.398 e. The maximum Gasteiger partial charge on any atom is 0.0392 e. The van der Waals surface area contributed by atoms with Gasteiger partial charge >= 0.3 is 0 Å². The van der Waals surface area contributed by atoms with Gasteiger partial charge in [0.15, 0.2) is 0 Å². The van der Waals surface area contributed by atoms with Gasteiger partial charge in [0.05, 0.1) is 0 Å². The van der Waals surface area contributed by atoms with Crippen LogP contribution in [0.2, 0.25) is 0 Å². The Morgan fingerprint density at radius 1 is 1.33 bits per heavy atom. The van der Waals surface area contributed by atoms with E-state index in [1.807, 2.05) is 6.07 Å². The van der Waals surface area contributed by atoms with Crippen molar-refractivity contribution in [1.29, 1.82) is 0 Å². The van der Waals surface area contributed by atoms with Gasteiger partial charge in [0.25, 0.3) is 0 Å². The van der Waals surface area contributed by atoms with Crippen molar-refractivity contribution >= 4 is 11.8 Å². The van der Waals surface area contributed by atoms with Crippen molar-refractivity contribution in [2.75, 3.05) is 5.73 Å². The number of hydrogen-bond donors (Lipinski definition) is 1. The minimum absolute atomic E-state index is 0.616. The van der Waals surface area contributed by atoms with Gasteiger partial charge in [0, 0.05) is 11.3 Å². The van der Waals surface area contributed by atoms with Crippen LogP contribution in [0.1, 0.15) is 37.0 Å². The van der Waals surface area contributed by atoms with E-state index in [4.69, 9.17) is 5.73 Å². The van der Waals surface area contributed by atoms with Crippen molar-refractivity contribution in [2.24, 2.45) is 5.92 Å². The molecule has 0 aliphatic carbocycles. The second kappa shape index (κ2) is 5.01. The molecule has 0 aliphatic heterocycles. The van der Waals surface area contributed by atoms with Crippen LogP contribution in [0.25, 0.3) is 6.08 Å². The van der Waals surface area contributed by atoms with E-state index in [2.05, 4.69) is 45.9 Å². The number of rotatable bonds is 3. The van der Waals surface area contributed by atoms with Crippen molar-refractivity contribution < 1.29 is 0 Å². The predicted octanol–water partition coefficient (Wildman–Crippen LogP) is 3.94. The van der Waals surface area contributed by atoms with Crippen LogP contribution in [0.4, 0.5) is 5.69 Å². The lowest BCUT2D eigenvalue weighted by Crippen LogP contribution is -1.94. The van der Waals surface area contributed by atoms with Gasteiger partial charge in [0.2, 0.25) is 0 Å². The van der Waals surface area contributed by atoms with E-state index in [0.717, 1.165) is 5.69 Å². The summed E-state index contributed by atoms with van der Waals surface area (Å²) in [5.74, 6) is 0.616. The molecule has 1 heteroatoms. The molecule has 1 unspecified atom stereocenters. The summed E-state index contributed by atoms with van der Waals surface area (Å²) in [5, 5.41) is 0. The summed E-state index contributed by atoms with van der Waals surface area (Å²) in [6.07, 6.45) is 5.55. The zero-order valence-electron chi connectivity index (χ0n) is 10.2. The van der Waals surface area contributed by atoms with E-state index in [0.29, 0.717) is 5.92 Å². The third kappa shape index (κ3) is 3.12. The van der Waals surface area contributed by atoms with Gasteiger partial charge in [-0.05, 0) is 37.0 Å². The first-order valence-corrected chi connectivity index (χ1v) is 5.59. The van der Waals surface area contributed by atoms with Gasteiger partial charge < -0.3 is 5.73 Å². The van der Waals surface area contributed by atoms with Crippen LogP contribution in [0.3, 0.4) is 0 Å². The molecule has 1 aromatic rings. The summed E-state index contributed by atoms with van der Waals surface area (Å²) in [7, 11) is 0. The molecule has 1 atom stereocenters. The van der Waals surface area contributed by atoms with E-state index < -0.39 is 0 Å². The molecule has 1 nitrogen and oxygen atoms in total. The highest BCUT2D eigenvalue weighted by Gasteiger charge is 2.01. The molecule has 0 heterocycles. The Balaban J connectivity index is 3.00. The molecule has 2 N–H and O–H groups in total. The molecule has 15 heavy (non-hydrogen) atoms. The first kappa shape index (κ1) is 11.8. The van der Waals surface area contributed by atoms with Crippen LogP contribution in [0, 0.1) is 19.8 Å². The average Bonchev–Trinajstić information content (AvgIpc) is 2.15. The van der Waals surface area contributed by atoms with Crippen LogP contribution in [-0.2, 0) is 0 Å². The number of allylic oxidation sites excluding steroid dienone is 1. The van der Waals surface area contributed by atoms with E-state index >= 15 is 0 Å². The van der Waals surface area contributed by atoms with Crippen LogP contribution in [0.15, 0.2) is 18.2 Å². The Hall–Kier alpha value is -1.24. The average molecular weight is 203 g/mol. The maximum absolute atomic E-state index is 6.00. The van der Waals surface area contributed by atoms with Crippen LogP contribution < -0.4 is 5.73 Å². The van der Waals surface area contributed by atoms with Crippen molar-refractivity contribution in [3.05, 3.63) is 34.9 Å². The summed E-state index contributed by atoms with van der Waals surface area (Å²) >= 11 is 0. The number of nitrogen functional groups attached to an aromatic ring is 1. The van der Waals surface area contributed by atoms with Gasteiger partial charge in [0.1, 0.15) is 0 Å². The molecule has 1 rings (SSSR count). The van der Waals surface area contributed by atoms with Crippen molar-refractivity contribution in [1.82, 2.24) is 0 Å². The molecular formula is C14H21N. The smallest absolute Gasteiger partial charge is 0.0392 e. The number of benzene rings is 1. The number of hydrogen-bond acceptors (Lipinski definition) is 1. The lowest BCUT2D eigenvalue weighted by atomic mass is 10.0. The predicted molar refractivity (Wildman–Crippen MR) is 68.8 cm³/mol. The van der Waals surface area contributed by atoms with Crippen molar-refractivity contribution in [3.8, 4) is 0 Å². The van der Waals surface area contributed by atoms with Crippen LogP contribution in [0.5, 0.6) is 0 Å². The molecule has 0 amide bonds. The highest BCUT2D eigenvalue weighted by Crippen LogP contribution is 2.21. The van der Waals surface area contributed by atoms with E-state index in [1.165, 1.54) is 23.1 Å². The van der Waals surface area contributed by atoms with E-state index in [1.54, 1.807) is 0 Å². The summed E-state index contributed by atoms with van der Waals surface area (Å²) in [6.45, 7) is 8.60. The summed E-state index contributed by atoms with van der Waals surface area (Å²) in [5.41, 5.74) is 10.5. The summed E-state index contributed by atoms with van der Waals surface area (Å²) in [4.78, 5) is 0. The first-order chi connectivity index (χ1) is 7.04. The Morgan fingerprint density at radius 2 is 2.00 bits per heavy atom. The van der Waals surface area contributed by atoms with Gasteiger partial charge in [-0.2, -0.15) is 0 Å². The molecule has 0 saturated heterocycles. The Kier molecular flexibility index (Phi) is 3.96. The molecule has 1 aromatic carbocycles. The standard InChI is InChI=1S/C14H21N/c1-5-10(2)6-7-13-12(4)8-11(3)9-14(13)15/h6-10H,5,15H2,1-4H3/b7-6+. The molecule has 0 aromatic heterocycles. The van der Waals surface area contributed by atoms with Crippen LogP contribution in [-0.4, -0.2) is 0 Å². The van der Waals surface area contributed by atoms with Crippen LogP contribution >= 0.6 is 0 Å². The maximum atomic E-state index is 6.00. The number of aryl methyl sites for hydroxylation is 2. The fourth-order valence-corrected chi connectivity index (χ4v) is 1.64. The highest BCUT2D eigenvalue weighted by atomic mass is 14.6. The molecule has 0 radical (unpaired) electrons. The summed E-state index contributed by atoms with van der Waals surface area (Å²) < 4.78 is 0. The molecule has 82 valence electrons. The minimum Gasteiger partial charge on any atom is -0.398 e.